The Bertz CT molecular complexity index is 389. The van der Waals surface area contributed by atoms with Crippen LogP contribution in [-0.2, 0) is 4.74 Å². The van der Waals surface area contributed by atoms with Crippen LogP contribution in [0.15, 0.2) is 18.2 Å². The van der Waals surface area contributed by atoms with Gasteiger partial charge < -0.3 is 14.2 Å². The van der Waals surface area contributed by atoms with Gasteiger partial charge in [-0.05, 0) is 37.5 Å². The first-order valence-corrected chi connectivity index (χ1v) is 7.15. The summed E-state index contributed by atoms with van der Waals surface area (Å²) in [5.74, 6) is 1.71. The third kappa shape index (κ3) is 2.98. The number of methoxy groups -OCH3 is 2. The van der Waals surface area contributed by atoms with Crippen LogP contribution in [0.5, 0.6) is 11.5 Å². The second-order valence-electron chi connectivity index (χ2n) is 4.41. The van der Waals surface area contributed by atoms with Crippen LogP contribution >= 0.6 is 15.9 Å². The van der Waals surface area contributed by atoms with Gasteiger partial charge in [0.1, 0.15) is 11.5 Å². The van der Waals surface area contributed by atoms with E-state index in [1.54, 1.807) is 14.2 Å². The van der Waals surface area contributed by atoms with E-state index in [9.17, 15) is 0 Å². The van der Waals surface area contributed by atoms with Crippen molar-refractivity contribution in [3.8, 4) is 11.5 Å². The molecule has 1 heterocycles. The van der Waals surface area contributed by atoms with Gasteiger partial charge in [-0.3, -0.25) is 0 Å². The normalized spacial score (nSPS) is 21.4. The lowest BCUT2D eigenvalue weighted by Crippen LogP contribution is -2.23. The van der Waals surface area contributed by atoms with Gasteiger partial charge in [0, 0.05) is 12.2 Å². The Balaban J connectivity index is 2.23. The van der Waals surface area contributed by atoms with Crippen molar-refractivity contribution >= 4 is 15.9 Å². The van der Waals surface area contributed by atoms with Gasteiger partial charge in [-0.1, -0.05) is 15.9 Å². The molecule has 2 unspecified atom stereocenters. The molecule has 1 aromatic rings. The summed E-state index contributed by atoms with van der Waals surface area (Å²) < 4.78 is 16.5. The van der Waals surface area contributed by atoms with Crippen LogP contribution < -0.4 is 9.47 Å². The molecule has 0 saturated carbocycles. The van der Waals surface area contributed by atoms with Crippen molar-refractivity contribution in [2.75, 3.05) is 20.8 Å². The molecule has 0 aromatic heterocycles. The van der Waals surface area contributed by atoms with E-state index in [0.717, 1.165) is 36.5 Å². The van der Waals surface area contributed by atoms with Crippen molar-refractivity contribution in [1.82, 2.24) is 0 Å². The predicted molar refractivity (Wildman–Crippen MR) is 74.8 cm³/mol. The summed E-state index contributed by atoms with van der Waals surface area (Å²) in [5, 5.41) is 0. The van der Waals surface area contributed by atoms with Gasteiger partial charge in [0.15, 0.2) is 0 Å². The van der Waals surface area contributed by atoms with Crippen LogP contribution in [0.3, 0.4) is 0 Å². The Morgan fingerprint density at radius 3 is 2.72 bits per heavy atom. The molecule has 2 rings (SSSR count). The van der Waals surface area contributed by atoms with Crippen LogP contribution in [-0.4, -0.2) is 26.9 Å². The summed E-state index contributed by atoms with van der Waals surface area (Å²) in [6, 6.07) is 5.85. The third-order valence-corrected chi connectivity index (χ3v) is 4.36. The number of ether oxygens (including phenoxy) is 3. The number of rotatable bonds is 4. The van der Waals surface area contributed by atoms with Crippen molar-refractivity contribution in [2.24, 2.45) is 0 Å². The van der Waals surface area contributed by atoms with Gasteiger partial charge in [-0.2, -0.15) is 0 Å². The Morgan fingerprint density at radius 2 is 2.11 bits per heavy atom. The monoisotopic (exact) mass is 314 g/mol. The molecule has 2 atom stereocenters. The zero-order valence-corrected chi connectivity index (χ0v) is 12.4. The molecule has 1 aromatic carbocycles. The molecule has 0 bridgehead atoms. The zero-order chi connectivity index (χ0) is 13.0. The quantitative estimate of drug-likeness (QED) is 0.793. The number of hydrogen-bond donors (Lipinski definition) is 0. The van der Waals surface area contributed by atoms with Crippen molar-refractivity contribution in [3.63, 3.8) is 0 Å². The minimum atomic E-state index is 0.142. The number of benzene rings is 1. The Labute approximate surface area is 117 Å². The first-order valence-electron chi connectivity index (χ1n) is 6.24. The van der Waals surface area contributed by atoms with Crippen LogP contribution in [0.25, 0.3) is 0 Å². The van der Waals surface area contributed by atoms with Gasteiger partial charge in [0.05, 0.1) is 25.2 Å². The fraction of sp³-hybridized carbons (Fsp3) is 0.571. The smallest absolute Gasteiger partial charge is 0.123 e. The topological polar surface area (TPSA) is 27.7 Å². The summed E-state index contributed by atoms with van der Waals surface area (Å²) >= 11 is 3.74. The summed E-state index contributed by atoms with van der Waals surface area (Å²) in [4.78, 5) is 0.142. The molecule has 0 N–H and O–H groups in total. The van der Waals surface area contributed by atoms with Crippen LogP contribution in [0.1, 0.15) is 29.7 Å². The van der Waals surface area contributed by atoms with E-state index in [1.165, 1.54) is 6.42 Å². The molecule has 18 heavy (non-hydrogen) atoms. The summed E-state index contributed by atoms with van der Waals surface area (Å²) in [5.41, 5.74) is 1.09. The summed E-state index contributed by atoms with van der Waals surface area (Å²) in [7, 11) is 3.36. The predicted octanol–water partition coefficient (Wildman–Crippen LogP) is 3.71. The first kappa shape index (κ1) is 13.7. The lowest BCUT2D eigenvalue weighted by molar-refractivity contribution is 0.0157. The molecule has 4 heteroatoms. The van der Waals surface area contributed by atoms with E-state index < -0.39 is 0 Å². The average Bonchev–Trinajstić information content (AvgIpc) is 2.46. The molecule has 1 aliphatic heterocycles. The van der Waals surface area contributed by atoms with Crippen LogP contribution in [0, 0.1) is 0 Å². The summed E-state index contributed by atoms with van der Waals surface area (Å²) in [6.45, 7) is 0.846. The van der Waals surface area contributed by atoms with E-state index in [4.69, 9.17) is 14.2 Å². The zero-order valence-electron chi connectivity index (χ0n) is 10.8. The summed E-state index contributed by atoms with van der Waals surface area (Å²) in [6.07, 6.45) is 3.67. The molecule has 0 amide bonds. The maximum atomic E-state index is 5.82. The van der Waals surface area contributed by atoms with E-state index >= 15 is 0 Å². The Kier molecular flexibility index (Phi) is 4.89. The van der Waals surface area contributed by atoms with Crippen molar-refractivity contribution < 1.29 is 14.2 Å². The standard InChI is InChI=1S/C14H19BrO3/c1-16-10-6-7-12(17-2)11(9-10)14(15)13-5-3-4-8-18-13/h6-7,9,13-14H,3-5,8H2,1-2H3. The first-order chi connectivity index (χ1) is 8.76. The molecule has 0 radical (unpaired) electrons. The average molecular weight is 315 g/mol. The van der Waals surface area contributed by atoms with E-state index in [2.05, 4.69) is 15.9 Å². The fourth-order valence-electron chi connectivity index (χ4n) is 2.25. The minimum Gasteiger partial charge on any atom is -0.497 e. The molecule has 1 saturated heterocycles. The minimum absolute atomic E-state index is 0.142. The Hall–Kier alpha value is -0.740. The Morgan fingerprint density at radius 1 is 1.28 bits per heavy atom. The largest absolute Gasteiger partial charge is 0.497 e. The van der Waals surface area contributed by atoms with Crippen LogP contribution in [0.4, 0.5) is 0 Å². The van der Waals surface area contributed by atoms with E-state index in [1.807, 2.05) is 18.2 Å². The van der Waals surface area contributed by atoms with Crippen molar-refractivity contribution in [3.05, 3.63) is 23.8 Å². The highest BCUT2D eigenvalue weighted by molar-refractivity contribution is 9.09. The number of alkyl halides is 1. The second kappa shape index (κ2) is 6.43. The van der Waals surface area contributed by atoms with E-state index in [-0.39, 0.29) is 10.9 Å². The molecule has 1 aliphatic rings. The molecule has 100 valence electrons. The van der Waals surface area contributed by atoms with Gasteiger partial charge in [-0.25, -0.2) is 0 Å². The highest BCUT2D eigenvalue weighted by atomic mass is 79.9. The fourth-order valence-corrected chi connectivity index (χ4v) is 3.03. The lowest BCUT2D eigenvalue weighted by Gasteiger charge is -2.28. The van der Waals surface area contributed by atoms with Gasteiger partial charge in [0.2, 0.25) is 0 Å². The second-order valence-corrected chi connectivity index (χ2v) is 5.40. The molecule has 1 fully saturated rings. The number of hydrogen-bond acceptors (Lipinski definition) is 3. The van der Waals surface area contributed by atoms with E-state index in [0.29, 0.717) is 0 Å². The third-order valence-electron chi connectivity index (χ3n) is 3.28. The van der Waals surface area contributed by atoms with Gasteiger partial charge in [-0.15, -0.1) is 0 Å². The maximum absolute atomic E-state index is 5.82. The highest BCUT2D eigenvalue weighted by Crippen LogP contribution is 2.39. The van der Waals surface area contributed by atoms with Crippen molar-refractivity contribution in [2.45, 2.75) is 30.2 Å². The maximum Gasteiger partial charge on any atom is 0.123 e. The molecular weight excluding hydrogens is 296 g/mol. The molecular formula is C14H19BrO3. The highest BCUT2D eigenvalue weighted by Gasteiger charge is 2.26. The molecule has 0 aliphatic carbocycles. The number of halogens is 1. The van der Waals surface area contributed by atoms with Crippen molar-refractivity contribution in [1.29, 1.82) is 0 Å². The SMILES string of the molecule is COc1ccc(OC)c(C(Br)C2CCCCO2)c1. The lowest BCUT2D eigenvalue weighted by atomic mass is 10.00. The van der Waals surface area contributed by atoms with Gasteiger partial charge >= 0.3 is 0 Å². The molecule has 3 nitrogen and oxygen atoms in total. The van der Waals surface area contributed by atoms with Gasteiger partial charge in [0.25, 0.3) is 0 Å². The molecule has 0 spiro atoms. The van der Waals surface area contributed by atoms with Crippen LogP contribution in [0.2, 0.25) is 0 Å².